The van der Waals surface area contributed by atoms with Crippen molar-refractivity contribution in [2.24, 2.45) is 0 Å². The van der Waals surface area contributed by atoms with Crippen molar-refractivity contribution in [3.05, 3.63) is 80.9 Å². The average Bonchev–Trinajstić information content (AvgIpc) is 3.17. The number of halogens is 1. The van der Waals surface area contributed by atoms with E-state index in [1.807, 2.05) is 44.2 Å². The normalized spacial score (nSPS) is 18.1. The molecule has 3 heterocycles. The first-order valence-corrected chi connectivity index (χ1v) is 12.1. The average molecular weight is 521 g/mol. The number of hydrogen-bond acceptors (Lipinski definition) is 8. The molecule has 2 N–H and O–H groups in total. The second kappa shape index (κ2) is 9.70. The number of H-pyrrole nitrogens is 1. The Morgan fingerprint density at radius 2 is 1.89 bits per heavy atom. The lowest BCUT2D eigenvalue weighted by Crippen LogP contribution is -2.31. The van der Waals surface area contributed by atoms with Crippen LogP contribution in [0.5, 0.6) is 5.75 Å². The van der Waals surface area contributed by atoms with Gasteiger partial charge in [0, 0.05) is 17.0 Å². The summed E-state index contributed by atoms with van der Waals surface area (Å²) < 4.78 is 10.7. The van der Waals surface area contributed by atoms with Crippen molar-refractivity contribution in [3.63, 3.8) is 0 Å². The number of cyclic esters (lactones) is 1. The van der Waals surface area contributed by atoms with Crippen LogP contribution >= 0.6 is 11.6 Å². The van der Waals surface area contributed by atoms with Crippen molar-refractivity contribution in [2.45, 2.75) is 39.0 Å². The second-order valence-electron chi connectivity index (χ2n) is 8.81. The molecule has 1 fully saturated rings. The zero-order valence-corrected chi connectivity index (χ0v) is 21.4. The second-order valence-corrected chi connectivity index (χ2v) is 9.22. The molecular formula is C26H25ClN6O4. The molecule has 4 aromatic rings. The predicted molar refractivity (Wildman–Crippen MR) is 140 cm³/mol. The third-order valence-electron chi connectivity index (χ3n) is 6.26. The summed E-state index contributed by atoms with van der Waals surface area (Å²) in [4.78, 5) is 43.3. The van der Waals surface area contributed by atoms with Gasteiger partial charge in [0.05, 0.1) is 23.7 Å². The van der Waals surface area contributed by atoms with Crippen molar-refractivity contribution in [2.75, 3.05) is 17.3 Å². The van der Waals surface area contributed by atoms with Crippen LogP contribution in [0.25, 0.3) is 10.9 Å². The Hall–Kier alpha value is -4.18. The van der Waals surface area contributed by atoms with Crippen molar-refractivity contribution >= 4 is 40.5 Å². The fourth-order valence-electron chi connectivity index (χ4n) is 4.49. The van der Waals surface area contributed by atoms with Gasteiger partial charge in [0.2, 0.25) is 11.9 Å². The van der Waals surface area contributed by atoms with Gasteiger partial charge >= 0.3 is 6.09 Å². The maximum atomic E-state index is 12.9. The molecule has 2 aromatic heterocycles. The third-order valence-corrected chi connectivity index (χ3v) is 6.55. The number of benzene rings is 2. The summed E-state index contributed by atoms with van der Waals surface area (Å²) in [5, 5.41) is 4.35. The number of aromatic nitrogens is 4. The van der Waals surface area contributed by atoms with E-state index in [0.29, 0.717) is 27.7 Å². The lowest BCUT2D eigenvalue weighted by Gasteiger charge is -2.23. The lowest BCUT2D eigenvalue weighted by atomic mass is 10.0. The number of carbonyl (C=O) groups is 1. The highest BCUT2D eigenvalue weighted by Crippen LogP contribution is 2.36. The number of fused-ring (bicyclic) bond motifs is 1. The summed E-state index contributed by atoms with van der Waals surface area (Å²) in [7, 11) is 1.51. The highest BCUT2D eigenvalue weighted by molar-refractivity contribution is 6.32. The Kier molecular flexibility index (Phi) is 6.43. The largest absolute Gasteiger partial charge is 0.495 e. The minimum Gasteiger partial charge on any atom is -0.495 e. The van der Waals surface area contributed by atoms with Gasteiger partial charge < -0.3 is 19.8 Å². The number of amides is 1. The lowest BCUT2D eigenvalue weighted by molar-refractivity contribution is 0.141. The topological polar surface area (TPSA) is 122 Å². The molecule has 0 unspecified atom stereocenters. The van der Waals surface area contributed by atoms with E-state index in [1.165, 1.54) is 12.0 Å². The molecule has 1 aliphatic rings. The number of rotatable bonds is 6. The number of ether oxygens (including phenoxy) is 2. The van der Waals surface area contributed by atoms with E-state index < -0.39 is 24.3 Å². The molecule has 1 saturated heterocycles. The van der Waals surface area contributed by atoms with Gasteiger partial charge in [-0.05, 0) is 38.5 Å². The fraction of sp³-hybridized carbons (Fsp3) is 0.269. The van der Waals surface area contributed by atoms with Crippen LogP contribution in [0.3, 0.4) is 0 Å². The minimum absolute atomic E-state index is 0.164. The van der Waals surface area contributed by atoms with Gasteiger partial charge in [-0.15, -0.1) is 0 Å². The number of carbonyl (C=O) groups excluding carboxylic acids is 1. The van der Waals surface area contributed by atoms with E-state index in [0.717, 1.165) is 10.9 Å². The van der Waals surface area contributed by atoms with Gasteiger partial charge in [-0.1, -0.05) is 41.9 Å². The zero-order valence-electron chi connectivity index (χ0n) is 20.7. The number of anilines is 2. The summed E-state index contributed by atoms with van der Waals surface area (Å²) in [6, 6.07) is 13.9. The third kappa shape index (κ3) is 4.67. The highest BCUT2D eigenvalue weighted by Gasteiger charge is 2.43. The quantitative estimate of drug-likeness (QED) is 0.366. The van der Waals surface area contributed by atoms with Crippen LogP contribution in [0, 0.1) is 6.92 Å². The van der Waals surface area contributed by atoms with Crippen LogP contribution in [0.2, 0.25) is 5.02 Å². The Morgan fingerprint density at radius 3 is 2.62 bits per heavy atom. The van der Waals surface area contributed by atoms with Gasteiger partial charge in [-0.3, -0.25) is 4.79 Å². The van der Waals surface area contributed by atoms with Crippen molar-refractivity contribution in [1.29, 1.82) is 0 Å². The first-order chi connectivity index (χ1) is 17.7. The predicted octanol–water partition coefficient (Wildman–Crippen LogP) is 4.94. The van der Waals surface area contributed by atoms with Gasteiger partial charge in [0.25, 0.3) is 5.56 Å². The Labute approximate surface area is 217 Å². The molecule has 0 aliphatic carbocycles. The maximum absolute atomic E-state index is 12.9. The number of pyridine rings is 1. The fourth-order valence-corrected chi connectivity index (χ4v) is 4.74. The van der Waals surface area contributed by atoms with Gasteiger partial charge in [0.15, 0.2) is 0 Å². The summed E-state index contributed by atoms with van der Waals surface area (Å²) in [5.41, 5.74) is 1.70. The number of methoxy groups -OCH3 is 1. The molecular weight excluding hydrogens is 496 g/mol. The molecule has 10 nitrogen and oxygen atoms in total. The molecule has 3 atom stereocenters. The molecule has 11 heteroatoms. The van der Waals surface area contributed by atoms with E-state index in [2.05, 4.69) is 25.3 Å². The molecule has 37 heavy (non-hydrogen) atoms. The Bertz CT molecular complexity index is 1540. The molecule has 0 saturated carbocycles. The number of aryl methyl sites for hydroxylation is 1. The molecule has 0 spiro atoms. The van der Waals surface area contributed by atoms with Crippen molar-refractivity contribution < 1.29 is 14.3 Å². The van der Waals surface area contributed by atoms with Crippen molar-refractivity contribution in [3.8, 4) is 5.75 Å². The maximum Gasteiger partial charge on any atom is 0.417 e. The number of aromatic amines is 1. The standard InChI is InChI=1S/C26H25ClN6O4/c1-13(18-10-17-11-19(27)21(36-4)12-20(17)31-23(18)34)28-24-29-15(3)30-25(32-24)33-22(14(2)37-26(33)35)16-8-6-5-7-9-16/h5-14,22H,1-4H3,(H,31,34)(H,28,29,30,32)/t13-,14+,22+/m0/s1. The number of hydrogen-bond donors (Lipinski definition) is 2. The van der Waals surface area contributed by atoms with Crippen LogP contribution in [-0.2, 0) is 4.74 Å². The van der Waals surface area contributed by atoms with Crippen LogP contribution in [0.15, 0.2) is 53.3 Å². The molecule has 2 aromatic carbocycles. The summed E-state index contributed by atoms with van der Waals surface area (Å²) in [6.45, 7) is 5.36. The molecule has 1 aliphatic heterocycles. The summed E-state index contributed by atoms with van der Waals surface area (Å²) in [5.74, 6) is 1.27. The van der Waals surface area contributed by atoms with Crippen LogP contribution in [0.1, 0.15) is 42.9 Å². The Morgan fingerprint density at radius 1 is 1.14 bits per heavy atom. The smallest absolute Gasteiger partial charge is 0.417 e. The van der Waals surface area contributed by atoms with Crippen LogP contribution < -0.4 is 20.5 Å². The monoisotopic (exact) mass is 520 g/mol. The van der Waals surface area contributed by atoms with E-state index in [1.54, 1.807) is 25.1 Å². The molecule has 1 amide bonds. The molecule has 190 valence electrons. The van der Waals surface area contributed by atoms with Crippen molar-refractivity contribution in [1.82, 2.24) is 19.9 Å². The first-order valence-electron chi connectivity index (χ1n) is 11.7. The van der Waals surface area contributed by atoms with Gasteiger partial charge in [-0.25, -0.2) is 9.69 Å². The van der Waals surface area contributed by atoms with E-state index in [4.69, 9.17) is 21.1 Å². The first kappa shape index (κ1) is 24.5. The molecule has 0 radical (unpaired) electrons. The van der Waals surface area contributed by atoms with Gasteiger partial charge in [0.1, 0.15) is 23.7 Å². The summed E-state index contributed by atoms with van der Waals surface area (Å²) in [6.07, 6.45) is -0.937. The highest BCUT2D eigenvalue weighted by atomic mass is 35.5. The van der Waals surface area contributed by atoms with E-state index >= 15 is 0 Å². The summed E-state index contributed by atoms with van der Waals surface area (Å²) >= 11 is 6.28. The molecule has 0 bridgehead atoms. The van der Waals surface area contributed by atoms with Gasteiger partial charge in [-0.2, -0.15) is 15.0 Å². The van der Waals surface area contributed by atoms with E-state index in [9.17, 15) is 9.59 Å². The zero-order chi connectivity index (χ0) is 26.3. The minimum atomic E-state index is -0.538. The number of nitrogens with zero attached hydrogens (tertiary/aromatic N) is 4. The number of nitrogens with one attached hydrogen (secondary N) is 2. The SMILES string of the molecule is COc1cc2[nH]c(=O)c([C@H](C)Nc3nc(C)nc(N4C(=O)O[C@H](C)[C@@H]4c4ccccc4)n3)cc2cc1Cl. The van der Waals surface area contributed by atoms with E-state index in [-0.39, 0.29) is 17.5 Å². The molecule has 5 rings (SSSR count). The van der Waals surface area contributed by atoms with Crippen LogP contribution in [-0.4, -0.2) is 39.2 Å². The van der Waals surface area contributed by atoms with Crippen LogP contribution in [0.4, 0.5) is 16.7 Å². The Balaban J connectivity index is 1.47.